The fourth-order valence-electron chi connectivity index (χ4n) is 2.50. The summed E-state index contributed by atoms with van der Waals surface area (Å²) in [6.45, 7) is 0.329. The maximum atomic E-state index is 13.0. The third-order valence-corrected chi connectivity index (χ3v) is 3.89. The van der Waals surface area contributed by atoms with Gasteiger partial charge in [-0.15, -0.1) is 0 Å². The topological polar surface area (TPSA) is 72.0 Å². The van der Waals surface area contributed by atoms with Crippen LogP contribution < -0.4 is 10.5 Å². The van der Waals surface area contributed by atoms with E-state index in [-0.39, 0.29) is 5.82 Å². The van der Waals surface area contributed by atoms with Crippen molar-refractivity contribution < 1.29 is 9.13 Å². The van der Waals surface area contributed by atoms with Gasteiger partial charge in [0.1, 0.15) is 18.2 Å². The highest BCUT2D eigenvalue weighted by molar-refractivity contribution is 6.17. The van der Waals surface area contributed by atoms with Crippen LogP contribution in [0.3, 0.4) is 0 Å². The van der Waals surface area contributed by atoms with Gasteiger partial charge in [0.25, 0.3) is 0 Å². The summed E-state index contributed by atoms with van der Waals surface area (Å²) in [6, 6.07) is 17.2. The SMILES string of the molecule is N=C/C(=C(\N)c1cccc(OCc2ccc(F)cc2)c1)c1ccncc1. The number of hydrogen-bond acceptors (Lipinski definition) is 4. The van der Waals surface area contributed by atoms with E-state index in [0.717, 1.165) is 16.7 Å². The van der Waals surface area contributed by atoms with Crippen LogP contribution in [0.2, 0.25) is 0 Å². The Kier molecular flexibility index (Phi) is 5.39. The smallest absolute Gasteiger partial charge is 0.123 e. The Morgan fingerprint density at radius 2 is 1.77 bits per heavy atom. The molecule has 0 radical (unpaired) electrons. The van der Waals surface area contributed by atoms with Gasteiger partial charge in [-0.05, 0) is 47.5 Å². The summed E-state index contributed by atoms with van der Waals surface area (Å²) in [5, 5.41) is 7.70. The molecule has 2 aromatic carbocycles. The molecule has 0 aliphatic carbocycles. The lowest BCUT2D eigenvalue weighted by atomic mass is 10.0. The summed E-state index contributed by atoms with van der Waals surface area (Å²) in [4.78, 5) is 3.98. The first-order valence-corrected chi connectivity index (χ1v) is 8.05. The van der Waals surface area contributed by atoms with Gasteiger partial charge in [0.2, 0.25) is 0 Å². The number of hydrogen-bond donors (Lipinski definition) is 2. The Balaban J connectivity index is 1.82. The molecular weight excluding hydrogens is 329 g/mol. The first-order valence-electron chi connectivity index (χ1n) is 8.05. The van der Waals surface area contributed by atoms with Gasteiger partial charge in [-0.2, -0.15) is 0 Å². The summed E-state index contributed by atoms with van der Waals surface area (Å²) in [6.07, 6.45) is 4.55. The molecule has 0 saturated heterocycles. The Hall–Kier alpha value is -3.47. The molecule has 0 fully saturated rings. The van der Waals surface area contributed by atoms with Crippen molar-refractivity contribution in [3.8, 4) is 5.75 Å². The van der Waals surface area contributed by atoms with Crippen molar-refractivity contribution in [1.29, 1.82) is 5.41 Å². The van der Waals surface area contributed by atoms with E-state index in [4.69, 9.17) is 15.9 Å². The highest BCUT2D eigenvalue weighted by Crippen LogP contribution is 2.24. The van der Waals surface area contributed by atoms with Gasteiger partial charge in [0.15, 0.2) is 0 Å². The third kappa shape index (κ3) is 4.13. The summed E-state index contributed by atoms with van der Waals surface area (Å²) in [5.74, 6) is 0.373. The van der Waals surface area contributed by atoms with Crippen LogP contribution in [0.1, 0.15) is 16.7 Å². The second-order valence-electron chi connectivity index (χ2n) is 5.65. The zero-order chi connectivity index (χ0) is 18.4. The van der Waals surface area contributed by atoms with Crippen LogP contribution in [0.5, 0.6) is 5.75 Å². The van der Waals surface area contributed by atoms with E-state index in [9.17, 15) is 4.39 Å². The molecule has 0 bridgehead atoms. The van der Waals surface area contributed by atoms with Crippen LogP contribution in [0, 0.1) is 11.2 Å². The fraction of sp³-hybridized carbons (Fsp3) is 0.0476. The van der Waals surface area contributed by atoms with Gasteiger partial charge >= 0.3 is 0 Å². The molecular formula is C21H18FN3O. The Labute approximate surface area is 151 Å². The standard InChI is InChI=1S/C21H18FN3O/c22-18-6-4-15(5-7-18)14-26-19-3-1-2-17(12-19)21(24)20(13-23)16-8-10-25-11-9-16/h1-13,23H,14,24H2/b21-20+,23-13?. The molecule has 0 unspecified atom stereocenters. The summed E-state index contributed by atoms with van der Waals surface area (Å²) in [5.41, 5.74) is 9.84. The van der Waals surface area contributed by atoms with E-state index < -0.39 is 0 Å². The van der Waals surface area contributed by atoms with Gasteiger partial charge in [-0.1, -0.05) is 24.3 Å². The zero-order valence-electron chi connectivity index (χ0n) is 14.0. The molecule has 0 aliphatic heterocycles. The van der Waals surface area contributed by atoms with Gasteiger partial charge in [0, 0.05) is 35.4 Å². The van der Waals surface area contributed by atoms with Crippen molar-refractivity contribution in [3.63, 3.8) is 0 Å². The van der Waals surface area contributed by atoms with Gasteiger partial charge in [0.05, 0.1) is 0 Å². The van der Waals surface area contributed by atoms with Crippen LogP contribution in [-0.2, 0) is 6.61 Å². The van der Waals surface area contributed by atoms with Crippen LogP contribution in [0.4, 0.5) is 4.39 Å². The molecule has 3 rings (SSSR count). The molecule has 26 heavy (non-hydrogen) atoms. The molecule has 4 nitrogen and oxygen atoms in total. The van der Waals surface area contributed by atoms with Crippen LogP contribution >= 0.6 is 0 Å². The van der Waals surface area contributed by atoms with E-state index in [0.29, 0.717) is 23.6 Å². The van der Waals surface area contributed by atoms with Gasteiger partial charge in [-0.25, -0.2) is 4.39 Å². The van der Waals surface area contributed by atoms with E-state index in [1.807, 2.05) is 36.4 Å². The van der Waals surface area contributed by atoms with E-state index in [1.165, 1.54) is 18.3 Å². The number of nitrogens with one attached hydrogen (secondary N) is 1. The van der Waals surface area contributed by atoms with E-state index in [1.54, 1.807) is 24.5 Å². The second kappa shape index (κ2) is 8.07. The molecule has 1 heterocycles. The third-order valence-electron chi connectivity index (χ3n) is 3.89. The van der Waals surface area contributed by atoms with Crippen LogP contribution in [0.15, 0.2) is 73.1 Å². The lowest BCUT2D eigenvalue weighted by Gasteiger charge is -2.11. The summed E-state index contributed by atoms with van der Waals surface area (Å²) < 4.78 is 18.7. The molecule has 0 atom stereocenters. The molecule has 0 aliphatic rings. The first kappa shape index (κ1) is 17.4. The van der Waals surface area contributed by atoms with Gasteiger partial charge in [-0.3, -0.25) is 4.98 Å². The Bertz CT molecular complexity index is 922. The number of allylic oxidation sites excluding steroid dienone is 1. The number of aromatic nitrogens is 1. The largest absolute Gasteiger partial charge is 0.489 e. The fourth-order valence-corrected chi connectivity index (χ4v) is 2.50. The van der Waals surface area contributed by atoms with Gasteiger partial charge < -0.3 is 15.9 Å². The molecule has 1 aromatic heterocycles. The number of benzene rings is 2. The molecule has 0 amide bonds. The summed E-state index contributed by atoms with van der Waals surface area (Å²) in [7, 11) is 0. The predicted molar refractivity (Wildman–Crippen MR) is 101 cm³/mol. The molecule has 5 heteroatoms. The normalized spacial score (nSPS) is 11.6. The number of halogens is 1. The monoisotopic (exact) mass is 347 g/mol. The minimum Gasteiger partial charge on any atom is -0.489 e. The molecule has 0 saturated carbocycles. The van der Waals surface area contributed by atoms with Crippen LogP contribution in [0.25, 0.3) is 11.3 Å². The lowest BCUT2D eigenvalue weighted by molar-refractivity contribution is 0.306. The number of nitrogens with zero attached hydrogens (tertiary/aromatic N) is 1. The highest BCUT2D eigenvalue weighted by atomic mass is 19.1. The average Bonchev–Trinajstić information content (AvgIpc) is 2.69. The zero-order valence-corrected chi connectivity index (χ0v) is 14.0. The van der Waals surface area contributed by atoms with E-state index in [2.05, 4.69) is 4.98 Å². The predicted octanol–water partition coefficient (Wildman–Crippen LogP) is 4.28. The molecule has 3 aromatic rings. The maximum Gasteiger partial charge on any atom is 0.123 e. The van der Waals surface area contributed by atoms with Crippen LogP contribution in [-0.4, -0.2) is 11.2 Å². The number of pyridine rings is 1. The molecule has 3 N–H and O–H groups in total. The van der Waals surface area contributed by atoms with Crippen molar-refractivity contribution in [1.82, 2.24) is 4.98 Å². The Morgan fingerprint density at radius 1 is 1.04 bits per heavy atom. The van der Waals surface area contributed by atoms with E-state index >= 15 is 0 Å². The minimum atomic E-state index is -0.274. The van der Waals surface area contributed by atoms with Crippen molar-refractivity contribution in [2.45, 2.75) is 6.61 Å². The van der Waals surface area contributed by atoms with Crippen molar-refractivity contribution in [2.24, 2.45) is 5.73 Å². The van der Waals surface area contributed by atoms with Crippen molar-refractivity contribution in [2.75, 3.05) is 0 Å². The number of rotatable bonds is 6. The highest BCUT2D eigenvalue weighted by Gasteiger charge is 2.08. The van der Waals surface area contributed by atoms with Crippen molar-refractivity contribution in [3.05, 3.63) is 95.6 Å². The van der Waals surface area contributed by atoms with Crippen molar-refractivity contribution >= 4 is 17.5 Å². The molecule has 130 valence electrons. The minimum absolute atomic E-state index is 0.274. The number of ether oxygens (including phenoxy) is 1. The Morgan fingerprint density at radius 3 is 2.46 bits per heavy atom. The quantitative estimate of drug-likeness (QED) is 0.654. The first-order chi connectivity index (χ1) is 12.7. The lowest BCUT2D eigenvalue weighted by Crippen LogP contribution is -2.03. The average molecular weight is 347 g/mol. The number of nitrogens with two attached hydrogens (primary N) is 1. The maximum absolute atomic E-state index is 13.0. The molecule has 0 spiro atoms. The summed E-state index contributed by atoms with van der Waals surface area (Å²) >= 11 is 0. The second-order valence-corrected chi connectivity index (χ2v) is 5.65.